The van der Waals surface area contributed by atoms with Crippen molar-refractivity contribution in [1.29, 1.82) is 0 Å². The first-order chi connectivity index (χ1) is 7.00. The lowest BCUT2D eigenvalue weighted by Crippen LogP contribution is -1.97. The van der Waals surface area contributed by atoms with Crippen molar-refractivity contribution in [2.24, 2.45) is 0 Å². The van der Waals surface area contributed by atoms with Crippen molar-refractivity contribution >= 4 is 11.0 Å². The molecule has 15 heavy (non-hydrogen) atoms. The Balaban J connectivity index is 3.00. The molecule has 0 amide bonds. The highest BCUT2D eigenvalue weighted by atomic mass is 16.4. The molecule has 0 radical (unpaired) electrons. The fourth-order valence-corrected chi connectivity index (χ4v) is 1.21. The first kappa shape index (κ1) is 9.20. The van der Waals surface area contributed by atoms with Crippen LogP contribution >= 0.6 is 0 Å². The summed E-state index contributed by atoms with van der Waals surface area (Å²) >= 11 is 0. The highest BCUT2D eigenvalue weighted by molar-refractivity contribution is 5.88. The van der Waals surface area contributed by atoms with Crippen molar-refractivity contribution in [3.63, 3.8) is 0 Å². The van der Waals surface area contributed by atoms with Crippen LogP contribution in [0.15, 0.2) is 21.3 Å². The molecule has 6 nitrogen and oxygen atoms in total. The summed E-state index contributed by atoms with van der Waals surface area (Å²) in [7, 11) is 0. The third-order valence-electron chi connectivity index (χ3n) is 1.93. The van der Waals surface area contributed by atoms with Gasteiger partial charge in [-0.15, -0.1) is 0 Å². The average Bonchev–Trinajstić information content (AvgIpc) is 2.19. The third-order valence-corrected chi connectivity index (χ3v) is 1.93. The van der Waals surface area contributed by atoms with Crippen LogP contribution in [0.5, 0.6) is 23.0 Å². The molecule has 1 aromatic carbocycles. The molecule has 0 bridgehead atoms. The lowest BCUT2D eigenvalue weighted by Gasteiger charge is -2.03. The van der Waals surface area contributed by atoms with Crippen molar-refractivity contribution in [2.45, 2.75) is 0 Å². The van der Waals surface area contributed by atoms with Crippen molar-refractivity contribution in [3.8, 4) is 23.0 Å². The van der Waals surface area contributed by atoms with E-state index in [1.54, 1.807) is 0 Å². The quantitative estimate of drug-likeness (QED) is 0.374. The maximum absolute atomic E-state index is 10.9. The smallest absolute Gasteiger partial charge is 0.378 e. The summed E-state index contributed by atoms with van der Waals surface area (Å²) in [5.41, 5.74) is -1.34. The molecule has 0 saturated carbocycles. The Morgan fingerprint density at radius 1 is 0.933 bits per heavy atom. The number of phenolic OH excluding ortho intramolecular Hbond substituents is 3. The van der Waals surface area contributed by atoms with E-state index in [2.05, 4.69) is 4.42 Å². The van der Waals surface area contributed by atoms with E-state index in [0.29, 0.717) is 0 Å². The number of benzene rings is 1. The molecular formula is C9H6O6. The summed E-state index contributed by atoms with van der Waals surface area (Å²) in [4.78, 5) is 10.9. The average molecular weight is 210 g/mol. The van der Waals surface area contributed by atoms with E-state index in [4.69, 9.17) is 15.3 Å². The van der Waals surface area contributed by atoms with E-state index in [9.17, 15) is 9.90 Å². The second-order valence-electron chi connectivity index (χ2n) is 2.93. The molecule has 0 unspecified atom stereocenters. The van der Waals surface area contributed by atoms with E-state index in [0.717, 1.165) is 12.1 Å². The molecule has 2 rings (SSSR count). The highest BCUT2D eigenvalue weighted by Crippen LogP contribution is 2.40. The Hall–Kier alpha value is -2.37. The van der Waals surface area contributed by atoms with Crippen LogP contribution in [0.1, 0.15) is 0 Å². The Morgan fingerprint density at radius 3 is 2.20 bits per heavy atom. The van der Waals surface area contributed by atoms with Crippen LogP contribution in [-0.2, 0) is 0 Å². The Bertz CT molecular complexity index is 598. The number of hydrogen-bond acceptors (Lipinski definition) is 6. The number of phenols is 3. The summed E-state index contributed by atoms with van der Waals surface area (Å²) in [6, 6.07) is 2.06. The molecule has 78 valence electrons. The van der Waals surface area contributed by atoms with E-state index in [-0.39, 0.29) is 11.0 Å². The normalized spacial score (nSPS) is 10.7. The zero-order valence-electron chi connectivity index (χ0n) is 7.26. The molecule has 0 spiro atoms. The monoisotopic (exact) mass is 210 g/mol. The lowest BCUT2D eigenvalue weighted by molar-refractivity contribution is 0.362. The minimum absolute atomic E-state index is 0.0971. The zero-order valence-corrected chi connectivity index (χ0v) is 7.26. The Kier molecular flexibility index (Phi) is 1.72. The second-order valence-corrected chi connectivity index (χ2v) is 2.93. The van der Waals surface area contributed by atoms with Gasteiger partial charge in [0.1, 0.15) is 0 Å². The van der Waals surface area contributed by atoms with E-state index in [1.807, 2.05) is 0 Å². The first-order valence-corrected chi connectivity index (χ1v) is 3.91. The third kappa shape index (κ3) is 1.23. The Labute approximate surface area is 82.3 Å². The van der Waals surface area contributed by atoms with Crippen LogP contribution in [0.4, 0.5) is 0 Å². The largest absolute Gasteiger partial charge is 0.504 e. The second kappa shape index (κ2) is 2.81. The van der Waals surface area contributed by atoms with Crippen LogP contribution in [0.2, 0.25) is 0 Å². The lowest BCUT2D eigenvalue weighted by atomic mass is 10.2. The minimum Gasteiger partial charge on any atom is -0.504 e. The molecular weight excluding hydrogens is 204 g/mol. The van der Waals surface area contributed by atoms with Gasteiger partial charge in [0.05, 0.1) is 0 Å². The molecule has 1 aromatic heterocycles. The van der Waals surface area contributed by atoms with Gasteiger partial charge in [0.15, 0.2) is 11.3 Å². The molecule has 2 aromatic rings. The van der Waals surface area contributed by atoms with Gasteiger partial charge in [-0.2, -0.15) is 0 Å². The van der Waals surface area contributed by atoms with Crippen LogP contribution in [0.3, 0.4) is 0 Å². The molecule has 0 saturated heterocycles. The topological polar surface area (TPSA) is 111 Å². The zero-order chi connectivity index (χ0) is 11.2. The Morgan fingerprint density at radius 2 is 1.53 bits per heavy atom. The number of rotatable bonds is 0. The molecule has 0 fully saturated rings. The van der Waals surface area contributed by atoms with Crippen molar-refractivity contribution in [2.75, 3.05) is 0 Å². The maximum Gasteiger partial charge on any atom is 0.378 e. The molecule has 0 atom stereocenters. The maximum atomic E-state index is 10.9. The van der Waals surface area contributed by atoms with Crippen LogP contribution in [0, 0.1) is 0 Å². The van der Waals surface area contributed by atoms with Gasteiger partial charge < -0.3 is 24.8 Å². The van der Waals surface area contributed by atoms with E-state index in [1.165, 1.54) is 0 Å². The standard InChI is InChI=1S/C9H6O6/c10-4-1-3-2-5(11)9(14)15-8(3)7(13)6(4)12/h1-2,10-13H. The molecule has 0 aliphatic carbocycles. The predicted octanol–water partition coefficient (Wildman–Crippen LogP) is 0.615. The predicted molar refractivity (Wildman–Crippen MR) is 49.1 cm³/mol. The molecule has 0 aliphatic heterocycles. The number of fused-ring (bicyclic) bond motifs is 1. The van der Waals surface area contributed by atoms with Gasteiger partial charge in [-0.3, -0.25) is 0 Å². The van der Waals surface area contributed by atoms with Gasteiger partial charge in [-0.25, -0.2) is 4.79 Å². The fourth-order valence-electron chi connectivity index (χ4n) is 1.21. The highest BCUT2D eigenvalue weighted by Gasteiger charge is 2.15. The summed E-state index contributed by atoms with van der Waals surface area (Å²) < 4.78 is 4.53. The van der Waals surface area contributed by atoms with Crippen molar-refractivity contribution < 1.29 is 24.8 Å². The van der Waals surface area contributed by atoms with Crippen LogP contribution in [-0.4, -0.2) is 20.4 Å². The minimum atomic E-state index is -1.04. The summed E-state index contributed by atoms with van der Waals surface area (Å²) in [6.07, 6.45) is 0. The number of hydrogen-bond donors (Lipinski definition) is 4. The first-order valence-electron chi connectivity index (χ1n) is 3.91. The molecule has 1 heterocycles. The fraction of sp³-hybridized carbons (Fsp3) is 0. The van der Waals surface area contributed by atoms with Gasteiger partial charge in [-0.05, 0) is 12.1 Å². The van der Waals surface area contributed by atoms with Gasteiger partial charge in [0.2, 0.25) is 17.2 Å². The summed E-state index contributed by atoms with van der Waals surface area (Å²) in [5.74, 6) is -2.75. The SMILES string of the molecule is O=c1oc2c(O)c(O)c(O)cc2cc1O. The van der Waals surface area contributed by atoms with Crippen molar-refractivity contribution in [3.05, 3.63) is 22.6 Å². The van der Waals surface area contributed by atoms with Crippen LogP contribution in [0.25, 0.3) is 11.0 Å². The van der Waals surface area contributed by atoms with E-state index >= 15 is 0 Å². The summed E-state index contributed by atoms with van der Waals surface area (Å²) in [5, 5.41) is 36.8. The number of aromatic hydroxyl groups is 4. The molecule has 0 aliphatic rings. The van der Waals surface area contributed by atoms with Gasteiger partial charge in [0.25, 0.3) is 0 Å². The molecule has 4 N–H and O–H groups in total. The van der Waals surface area contributed by atoms with Crippen molar-refractivity contribution in [1.82, 2.24) is 0 Å². The van der Waals surface area contributed by atoms with Crippen LogP contribution < -0.4 is 5.63 Å². The van der Waals surface area contributed by atoms with Gasteiger partial charge in [-0.1, -0.05) is 0 Å². The van der Waals surface area contributed by atoms with Gasteiger partial charge >= 0.3 is 5.63 Å². The summed E-state index contributed by atoms with van der Waals surface area (Å²) in [6.45, 7) is 0. The van der Waals surface area contributed by atoms with E-state index < -0.39 is 28.6 Å². The van der Waals surface area contributed by atoms with Gasteiger partial charge in [0, 0.05) is 5.39 Å². The molecule has 6 heteroatoms.